The molecule has 5 aromatic rings. The van der Waals surface area contributed by atoms with Gasteiger partial charge < -0.3 is 19.4 Å². The predicted octanol–water partition coefficient (Wildman–Crippen LogP) is 4.65. The van der Waals surface area contributed by atoms with Gasteiger partial charge in [-0.2, -0.15) is 0 Å². The molecule has 1 amide bonds. The summed E-state index contributed by atoms with van der Waals surface area (Å²) in [5, 5.41) is 3.91. The van der Waals surface area contributed by atoms with Crippen LogP contribution < -0.4 is 10.1 Å². The lowest BCUT2D eigenvalue weighted by Crippen LogP contribution is -2.12. The number of amides is 1. The first-order valence-electron chi connectivity index (χ1n) is 9.29. The zero-order valence-electron chi connectivity index (χ0n) is 15.5. The number of aromatic amines is 1. The number of carbonyl (C=O) groups excluding carboxylic acids is 1. The van der Waals surface area contributed by atoms with E-state index < -0.39 is 0 Å². The molecule has 0 aliphatic carbocycles. The number of imidazole rings is 1. The van der Waals surface area contributed by atoms with E-state index in [0.29, 0.717) is 23.7 Å². The van der Waals surface area contributed by atoms with E-state index in [0.717, 1.165) is 22.2 Å². The van der Waals surface area contributed by atoms with Crippen molar-refractivity contribution in [2.75, 3.05) is 5.32 Å². The SMILES string of the molecule is O=C(Nc1cccc(OCc2cn3ccccc3n2)c1)c1cc2ccccc2[nH]1. The topological polar surface area (TPSA) is 71.4 Å². The average Bonchev–Trinajstić information content (AvgIpc) is 3.36. The van der Waals surface area contributed by atoms with Crippen LogP contribution in [0.15, 0.2) is 85.2 Å². The standard InChI is InChI=1S/C23H18N4O2/c28-23(21-12-16-6-1-2-9-20(16)26-21)25-17-7-5-8-19(13-17)29-15-18-14-27-11-4-3-10-22(27)24-18/h1-14,26H,15H2,(H,25,28). The highest BCUT2D eigenvalue weighted by molar-refractivity contribution is 6.05. The van der Waals surface area contributed by atoms with Gasteiger partial charge in [0.15, 0.2) is 0 Å². The van der Waals surface area contributed by atoms with E-state index in [9.17, 15) is 4.79 Å². The fraction of sp³-hybridized carbons (Fsp3) is 0.0435. The van der Waals surface area contributed by atoms with Crippen molar-refractivity contribution in [2.24, 2.45) is 0 Å². The van der Waals surface area contributed by atoms with Crippen molar-refractivity contribution in [2.45, 2.75) is 6.61 Å². The minimum atomic E-state index is -0.196. The van der Waals surface area contributed by atoms with E-state index in [2.05, 4.69) is 15.3 Å². The van der Waals surface area contributed by atoms with Gasteiger partial charge in [0.2, 0.25) is 0 Å². The average molecular weight is 382 g/mol. The third-order valence-corrected chi connectivity index (χ3v) is 4.67. The fourth-order valence-corrected chi connectivity index (χ4v) is 3.27. The number of rotatable bonds is 5. The molecule has 0 fully saturated rings. The lowest BCUT2D eigenvalue weighted by molar-refractivity contribution is 0.102. The summed E-state index contributed by atoms with van der Waals surface area (Å²) in [6, 6.07) is 22.8. The monoisotopic (exact) mass is 382 g/mol. The Morgan fingerprint density at radius 3 is 2.83 bits per heavy atom. The van der Waals surface area contributed by atoms with Crippen LogP contribution in [0, 0.1) is 0 Å². The summed E-state index contributed by atoms with van der Waals surface area (Å²) in [6.45, 7) is 0.348. The second-order valence-corrected chi connectivity index (χ2v) is 6.74. The van der Waals surface area contributed by atoms with Gasteiger partial charge in [-0.1, -0.05) is 30.3 Å². The highest BCUT2D eigenvalue weighted by atomic mass is 16.5. The maximum atomic E-state index is 12.6. The highest BCUT2D eigenvalue weighted by Crippen LogP contribution is 2.20. The van der Waals surface area contributed by atoms with Crippen molar-refractivity contribution in [3.63, 3.8) is 0 Å². The molecule has 0 spiro atoms. The number of benzene rings is 2. The molecule has 0 saturated carbocycles. The van der Waals surface area contributed by atoms with E-state index in [1.807, 2.05) is 83.5 Å². The van der Waals surface area contributed by atoms with E-state index in [4.69, 9.17) is 4.74 Å². The molecule has 6 heteroatoms. The molecule has 0 unspecified atom stereocenters. The van der Waals surface area contributed by atoms with Crippen molar-refractivity contribution >= 4 is 28.1 Å². The van der Waals surface area contributed by atoms with E-state index in [1.165, 1.54) is 0 Å². The Morgan fingerprint density at radius 1 is 1.03 bits per heavy atom. The smallest absolute Gasteiger partial charge is 0.272 e. The van der Waals surface area contributed by atoms with Crippen molar-refractivity contribution in [1.82, 2.24) is 14.4 Å². The zero-order valence-corrected chi connectivity index (χ0v) is 15.5. The Balaban J connectivity index is 1.28. The maximum Gasteiger partial charge on any atom is 0.272 e. The zero-order chi connectivity index (χ0) is 19.6. The Bertz CT molecular complexity index is 1250. The van der Waals surface area contributed by atoms with Gasteiger partial charge >= 0.3 is 0 Å². The summed E-state index contributed by atoms with van der Waals surface area (Å²) in [7, 11) is 0. The van der Waals surface area contributed by atoms with Crippen LogP contribution in [-0.4, -0.2) is 20.3 Å². The van der Waals surface area contributed by atoms with Gasteiger partial charge in [0.25, 0.3) is 5.91 Å². The number of hydrogen-bond acceptors (Lipinski definition) is 3. The quantitative estimate of drug-likeness (QED) is 0.465. The number of H-pyrrole nitrogens is 1. The van der Waals surface area contributed by atoms with Gasteiger partial charge in [-0.25, -0.2) is 4.98 Å². The van der Waals surface area contributed by atoms with E-state index in [-0.39, 0.29) is 5.91 Å². The number of pyridine rings is 1. The van der Waals surface area contributed by atoms with Crippen LogP contribution in [0.2, 0.25) is 0 Å². The first-order valence-corrected chi connectivity index (χ1v) is 9.29. The Hall–Kier alpha value is -4.06. The number of nitrogens with zero attached hydrogens (tertiary/aromatic N) is 2. The summed E-state index contributed by atoms with van der Waals surface area (Å²) in [5.74, 6) is 0.468. The largest absolute Gasteiger partial charge is 0.487 e. The van der Waals surface area contributed by atoms with Crippen LogP contribution in [0.5, 0.6) is 5.75 Å². The Kier molecular flexibility index (Phi) is 4.22. The van der Waals surface area contributed by atoms with Gasteiger partial charge in [0.1, 0.15) is 23.7 Å². The predicted molar refractivity (Wildman–Crippen MR) is 112 cm³/mol. The number of nitrogens with one attached hydrogen (secondary N) is 2. The minimum Gasteiger partial charge on any atom is -0.487 e. The second kappa shape index (κ2) is 7.16. The van der Waals surface area contributed by atoms with Crippen molar-refractivity contribution in [1.29, 1.82) is 0 Å². The van der Waals surface area contributed by atoms with Crippen LogP contribution in [0.3, 0.4) is 0 Å². The molecule has 2 N–H and O–H groups in total. The third kappa shape index (κ3) is 3.55. The van der Waals surface area contributed by atoms with Crippen LogP contribution in [0.4, 0.5) is 5.69 Å². The molecule has 0 atom stereocenters. The molecule has 0 bridgehead atoms. The first kappa shape index (κ1) is 17.1. The molecule has 0 aliphatic heterocycles. The fourth-order valence-electron chi connectivity index (χ4n) is 3.27. The van der Waals surface area contributed by atoms with Crippen molar-refractivity contribution in [3.8, 4) is 5.75 Å². The molecule has 0 aliphatic rings. The lowest BCUT2D eigenvalue weighted by Gasteiger charge is -2.08. The van der Waals surface area contributed by atoms with Crippen molar-refractivity contribution < 1.29 is 9.53 Å². The van der Waals surface area contributed by atoms with E-state index in [1.54, 1.807) is 6.07 Å². The molecular formula is C23H18N4O2. The normalized spacial score (nSPS) is 11.0. The van der Waals surface area contributed by atoms with Crippen molar-refractivity contribution in [3.05, 3.63) is 96.6 Å². The number of aromatic nitrogens is 3. The lowest BCUT2D eigenvalue weighted by atomic mass is 10.2. The number of ether oxygens (including phenoxy) is 1. The maximum absolute atomic E-state index is 12.6. The number of carbonyl (C=O) groups is 1. The molecule has 29 heavy (non-hydrogen) atoms. The second-order valence-electron chi connectivity index (χ2n) is 6.74. The number of fused-ring (bicyclic) bond motifs is 2. The van der Waals surface area contributed by atoms with Crippen LogP contribution >= 0.6 is 0 Å². The number of hydrogen-bond donors (Lipinski definition) is 2. The number of anilines is 1. The minimum absolute atomic E-state index is 0.196. The first-order chi connectivity index (χ1) is 14.2. The van der Waals surface area contributed by atoms with Gasteiger partial charge in [-0.05, 0) is 36.4 Å². The summed E-state index contributed by atoms with van der Waals surface area (Å²) in [5.41, 5.74) is 3.83. The summed E-state index contributed by atoms with van der Waals surface area (Å²) in [4.78, 5) is 20.2. The highest BCUT2D eigenvalue weighted by Gasteiger charge is 2.10. The van der Waals surface area contributed by atoms with Gasteiger partial charge in [-0.3, -0.25) is 4.79 Å². The molecule has 142 valence electrons. The Labute approximate surface area is 166 Å². The number of para-hydroxylation sites is 1. The van der Waals surface area contributed by atoms with Crippen LogP contribution in [0.1, 0.15) is 16.2 Å². The molecule has 2 aromatic carbocycles. The third-order valence-electron chi connectivity index (χ3n) is 4.67. The summed E-state index contributed by atoms with van der Waals surface area (Å²) in [6.07, 6.45) is 3.89. The molecule has 0 saturated heterocycles. The van der Waals surface area contributed by atoms with Gasteiger partial charge in [0, 0.05) is 35.1 Å². The van der Waals surface area contributed by atoms with Crippen LogP contribution in [0.25, 0.3) is 16.6 Å². The summed E-state index contributed by atoms with van der Waals surface area (Å²) >= 11 is 0. The molecule has 5 rings (SSSR count). The van der Waals surface area contributed by atoms with Gasteiger partial charge in [0.05, 0.1) is 5.69 Å². The molecular weight excluding hydrogens is 364 g/mol. The molecule has 0 radical (unpaired) electrons. The summed E-state index contributed by atoms with van der Waals surface area (Å²) < 4.78 is 7.82. The molecule has 3 heterocycles. The molecule has 3 aromatic heterocycles. The Morgan fingerprint density at radius 2 is 1.93 bits per heavy atom. The van der Waals surface area contributed by atoms with Gasteiger partial charge in [-0.15, -0.1) is 0 Å². The molecule has 6 nitrogen and oxygen atoms in total. The van der Waals surface area contributed by atoms with E-state index >= 15 is 0 Å². The van der Waals surface area contributed by atoms with Crippen LogP contribution in [-0.2, 0) is 6.61 Å².